The van der Waals surface area contributed by atoms with Gasteiger partial charge in [-0.2, -0.15) is 0 Å². The highest BCUT2D eigenvalue weighted by atomic mass is 35.5. The predicted octanol–water partition coefficient (Wildman–Crippen LogP) is 1.62. The summed E-state index contributed by atoms with van der Waals surface area (Å²) in [6.45, 7) is 3.34. The van der Waals surface area contributed by atoms with Gasteiger partial charge in [0.1, 0.15) is 11.0 Å². The zero-order valence-electron chi connectivity index (χ0n) is 10.2. The zero-order chi connectivity index (χ0) is 13.2. The molecule has 1 aliphatic heterocycles. The van der Waals surface area contributed by atoms with Gasteiger partial charge in [-0.1, -0.05) is 11.6 Å². The van der Waals surface area contributed by atoms with Crippen molar-refractivity contribution in [1.29, 1.82) is 0 Å². The maximum Gasteiger partial charge on any atom is 0.251 e. The Morgan fingerprint density at radius 1 is 1.50 bits per heavy atom. The van der Waals surface area contributed by atoms with Crippen LogP contribution in [-0.2, 0) is 4.74 Å². The Bertz CT molecular complexity index is 438. The van der Waals surface area contributed by atoms with Gasteiger partial charge in [-0.3, -0.25) is 4.79 Å². The van der Waals surface area contributed by atoms with Crippen LogP contribution in [0.25, 0.3) is 0 Å². The normalized spacial score (nSPS) is 18.3. The smallest absolute Gasteiger partial charge is 0.251 e. The van der Waals surface area contributed by atoms with Crippen molar-refractivity contribution in [2.24, 2.45) is 0 Å². The summed E-state index contributed by atoms with van der Waals surface area (Å²) in [6.07, 6.45) is 1.60. The molecule has 2 heterocycles. The first-order chi connectivity index (χ1) is 8.48. The van der Waals surface area contributed by atoms with Crippen LogP contribution < -0.4 is 11.1 Å². The lowest BCUT2D eigenvalue weighted by atomic mass is 9.92. The molecule has 0 aromatic carbocycles. The van der Waals surface area contributed by atoms with Gasteiger partial charge < -0.3 is 15.8 Å². The Kier molecular flexibility index (Phi) is 3.73. The van der Waals surface area contributed by atoms with E-state index in [1.165, 1.54) is 12.1 Å². The number of amides is 1. The fourth-order valence-corrected chi connectivity index (χ4v) is 2.16. The van der Waals surface area contributed by atoms with E-state index in [0.29, 0.717) is 18.8 Å². The minimum absolute atomic E-state index is 0.185. The van der Waals surface area contributed by atoms with Crippen LogP contribution in [0.4, 0.5) is 5.82 Å². The summed E-state index contributed by atoms with van der Waals surface area (Å²) >= 11 is 5.78. The van der Waals surface area contributed by atoms with Crippen LogP contribution in [0.15, 0.2) is 12.1 Å². The Morgan fingerprint density at radius 2 is 2.17 bits per heavy atom. The van der Waals surface area contributed by atoms with Gasteiger partial charge in [0.05, 0.1) is 0 Å². The van der Waals surface area contributed by atoms with Gasteiger partial charge >= 0.3 is 0 Å². The van der Waals surface area contributed by atoms with E-state index < -0.39 is 0 Å². The van der Waals surface area contributed by atoms with E-state index in [9.17, 15) is 4.79 Å². The number of anilines is 1. The molecule has 98 valence electrons. The molecule has 1 aromatic heterocycles. The van der Waals surface area contributed by atoms with E-state index in [0.717, 1.165) is 12.8 Å². The predicted molar refractivity (Wildman–Crippen MR) is 69.6 cm³/mol. The molecule has 18 heavy (non-hydrogen) atoms. The average Bonchev–Trinajstić information content (AvgIpc) is 2.28. The standard InChI is InChI=1S/C12H16ClN3O2/c1-12(2-4-18-5-3-12)16-11(17)8-6-9(13)15-10(14)7-8/h6-7H,2-5H2,1H3,(H2,14,15)(H,16,17). The molecule has 0 radical (unpaired) electrons. The number of rotatable bonds is 2. The highest BCUT2D eigenvalue weighted by Crippen LogP contribution is 2.21. The van der Waals surface area contributed by atoms with Crippen LogP contribution in [0.1, 0.15) is 30.1 Å². The van der Waals surface area contributed by atoms with Crippen molar-refractivity contribution in [1.82, 2.24) is 10.3 Å². The number of halogens is 1. The van der Waals surface area contributed by atoms with E-state index in [4.69, 9.17) is 22.1 Å². The van der Waals surface area contributed by atoms with Gasteiger partial charge in [-0.15, -0.1) is 0 Å². The first-order valence-electron chi connectivity index (χ1n) is 5.82. The van der Waals surface area contributed by atoms with Gasteiger partial charge in [-0.05, 0) is 31.9 Å². The second-order valence-electron chi connectivity index (χ2n) is 4.73. The number of ether oxygens (including phenoxy) is 1. The lowest BCUT2D eigenvalue weighted by Crippen LogP contribution is -2.49. The van der Waals surface area contributed by atoms with Crippen LogP contribution in [0.3, 0.4) is 0 Å². The first-order valence-corrected chi connectivity index (χ1v) is 6.20. The summed E-state index contributed by atoms with van der Waals surface area (Å²) in [7, 11) is 0. The number of nitrogens with one attached hydrogen (secondary N) is 1. The summed E-state index contributed by atoms with van der Waals surface area (Å²) in [5, 5.41) is 3.22. The number of aromatic nitrogens is 1. The molecule has 6 heteroatoms. The monoisotopic (exact) mass is 269 g/mol. The van der Waals surface area contributed by atoms with Gasteiger partial charge in [-0.25, -0.2) is 4.98 Å². The third kappa shape index (κ3) is 3.11. The van der Waals surface area contributed by atoms with Crippen LogP contribution in [0, 0.1) is 0 Å². The fourth-order valence-electron chi connectivity index (χ4n) is 1.94. The van der Waals surface area contributed by atoms with Crippen LogP contribution in [0.2, 0.25) is 5.15 Å². The maximum absolute atomic E-state index is 12.1. The number of carbonyl (C=O) groups excluding carboxylic acids is 1. The van der Waals surface area contributed by atoms with Gasteiger partial charge in [0.15, 0.2) is 0 Å². The number of pyridine rings is 1. The van der Waals surface area contributed by atoms with Crippen molar-refractivity contribution >= 4 is 23.3 Å². The van der Waals surface area contributed by atoms with Crippen LogP contribution >= 0.6 is 11.6 Å². The van der Waals surface area contributed by atoms with Crippen LogP contribution in [0.5, 0.6) is 0 Å². The lowest BCUT2D eigenvalue weighted by molar-refractivity contribution is 0.0423. The third-order valence-electron chi connectivity index (χ3n) is 3.09. The number of hydrogen-bond acceptors (Lipinski definition) is 4. The highest BCUT2D eigenvalue weighted by Gasteiger charge is 2.29. The molecule has 1 saturated heterocycles. The largest absolute Gasteiger partial charge is 0.384 e. The number of hydrogen-bond donors (Lipinski definition) is 2. The molecule has 3 N–H and O–H groups in total. The van der Waals surface area contributed by atoms with Crippen molar-refractivity contribution in [3.63, 3.8) is 0 Å². The topological polar surface area (TPSA) is 77.2 Å². The number of nitrogens with zero attached hydrogens (tertiary/aromatic N) is 1. The molecule has 1 fully saturated rings. The molecular weight excluding hydrogens is 254 g/mol. The SMILES string of the molecule is CC1(NC(=O)c2cc(N)nc(Cl)c2)CCOCC1. The van der Waals surface area contributed by atoms with E-state index in [-0.39, 0.29) is 22.4 Å². The molecule has 1 aliphatic rings. The number of nitrogens with two attached hydrogens (primary N) is 1. The Labute approximate surface area is 111 Å². The highest BCUT2D eigenvalue weighted by molar-refractivity contribution is 6.29. The molecule has 5 nitrogen and oxygen atoms in total. The van der Waals surface area contributed by atoms with Gasteiger partial charge in [0.25, 0.3) is 5.91 Å². The molecule has 2 rings (SSSR count). The number of carbonyl (C=O) groups is 1. The summed E-state index contributed by atoms with van der Waals surface area (Å²) in [6, 6.07) is 3.03. The Balaban J connectivity index is 2.11. The molecule has 1 amide bonds. The average molecular weight is 270 g/mol. The van der Waals surface area contributed by atoms with Crippen molar-refractivity contribution in [2.45, 2.75) is 25.3 Å². The molecule has 0 saturated carbocycles. The van der Waals surface area contributed by atoms with Gasteiger partial charge in [0.2, 0.25) is 0 Å². The van der Waals surface area contributed by atoms with E-state index in [2.05, 4.69) is 10.3 Å². The molecule has 0 atom stereocenters. The fraction of sp³-hybridized carbons (Fsp3) is 0.500. The maximum atomic E-state index is 12.1. The van der Waals surface area contributed by atoms with Crippen molar-refractivity contribution in [3.05, 3.63) is 22.8 Å². The Morgan fingerprint density at radius 3 is 2.78 bits per heavy atom. The van der Waals surface area contributed by atoms with Crippen molar-refractivity contribution in [3.8, 4) is 0 Å². The van der Waals surface area contributed by atoms with Gasteiger partial charge in [0, 0.05) is 24.3 Å². The second kappa shape index (κ2) is 5.12. The molecule has 0 bridgehead atoms. The first kappa shape index (κ1) is 13.1. The van der Waals surface area contributed by atoms with E-state index in [1.807, 2.05) is 6.92 Å². The molecular formula is C12H16ClN3O2. The third-order valence-corrected chi connectivity index (χ3v) is 3.28. The van der Waals surface area contributed by atoms with Crippen LogP contribution in [-0.4, -0.2) is 29.6 Å². The molecule has 0 aliphatic carbocycles. The zero-order valence-corrected chi connectivity index (χ0v) is 11.0. The summed E-state index contributed by atoms with van der Waals surface area (Å²) < 4.78 is 5.29. The summed E-state index contributed by atoms with van der Waals surface area (Å²) in [4.78, 5) is 16.0. The molecule has 0 spiro atoms. The molecule has 0 unspecified atom stereocenters. The van der Waals surface area contributed by atoms with E-state index in [1.54, 1.807) is 0 Å². The number of nitrogen functional groups attached to an aromatic ring is 1. The second-order valence-corrected chi connectivity index (χ2v) is 5.12. The minimum Gasteiger partial charge on any atom is -0.384 e. The minimum atomic E-state index is -0.236. The summed E-state index contributed by atoms with van der Waals surface area (Å²) in [5.41, 5.74) is 5.76. The quantitative estimate of drug-likeness (QED) is 0.800. The molecule has 1 aromatic rings. The Hall–Kier alpha value is -1.33. The lowest BCUT2D eigenvalue weighted by Gasteiger charge is -2.34. The van der Waals surface area contributed by atoms with Crippen molar-refractivity contribution in [2.75, 3.05) is 18.9 Å². The van der Waals surface area contributed by atoms with E-state index >= 15 is 0 Å². The summed E-state index contributed by atoms with van der Waals surface area (Å²) in [5.74, 6) is 0.0557. The van der Waals surface area contributed by atoms with Crippen molar-refractivity contribution < 1.29 is 9.53 Å².